The number of halogens is 2. The maximum Gasteiger partial charge on any atom is 0.228 e. The van der Waals surface area contributed by atoms with Crippen LogP contribution in [0.1, 0.15) is 18.4 Å². The van der Waals surface area contributed by atoms with Gasteiger partial charge in [0.05, 0.1) is 11.0 Å². The largest absolute Gasteiger partial charge is 0.308 e. The first-order valence-corrected chi connectivity index (χ1v) is 7.19. The van der Waals surface area contributed by atoms with Crippen LogP contribution in [0, 0.1) is 11.7 Å². The molecule has 1 saturated carbocycles. The molecule has 0 saturated heterocycles. The summed E-state index contributed by atoms with van der Waals surface area (Å²) in [5.74, 6) is 0.443. The molecule has 104 valence electrons. The van der Waals surface area contributed by atoms with E-state index in [9.17, 15) is 9.18 Å². The van der Waals surface area contributed by atoms with Gasteiger partial charge in [-0.2, -0.15) is 5.10 Å². The van der Waals surface area contributed by atoms with Gasteiger partial charge in [-0.15, -0.1) is 0 Å². The van der Waals surface area contributed by atoms with Gasteiger partial charge in [-0.1, -0.05) is 12.1 Å². The molecule has 3 rings (SSSR count). The average Bonchev–Trinajstić information content (AvgIpc) is 3.20. The summed E-state index contributed by atoms with van der Waals surface area (Å²) in [4.78, 5) is 11.7. The number of nitrogens with zero attached hydrogens (tertiary/aromatic N) is 2. The zero-order valence-corrected chi connectivity index (χ0v) is 12.2. The summed E-state index contributed by atoms with van der Waals surface area (Å²) >= 11 is 3.38. The number of carbonyl (C=O) groups is 1. The Morgan fingerprint density at radius 1 is 1.40 bits per heavy atom. The molecule has 20 heavy (non-hydrogen) atoms. The van der Waals surface area contributed by atoms with Crippen LogP contribution in [0.2, 0.25) is 0 Å². The van der Waals surface area contributed by atoms with E-state index in [1.165, 1.54) is 12.1 Å². The number of anilines is 1. The van der Waals surface area contributed by atoms with E-state index < -0.39 is 0 Å². The first-order chi connectivity index (χ1) is 9.61. The molecule has 1 amide bonds. The van der Waals surface area contributed by atoms with Gasteiger partial charge in [-0.05, 0) is 46.5 Å². The molecule has 1 heterocycles. The highest BCUT2D eigenvalue weighted by atomic mass is 79.9. The van der Waals surface area contributed by atoms with Gasteiger partial charge in [0.25, 0.3) is 0 Å². The zero-order valence-electron chi connectivity index (χ0n) is 10.6. The SMILES string of the molecule is O=C(Nc1nn(Cc2ccc(F)cc2)cc1Br)C1CC1. The first kappa shape index (κ1) is 13.3. The molecule has 1 aromatic carbocycles. The van der Waals surface area contributed by atoms with Crippen LogP contribution in [0.15, 0.2) is 34.9 Å². The van der Waals surface area contributed by atoms with E-state index in [2.05, 4.69) is 26.3 Å². The fraction of sp³-hybridized carbons (Fsp3) is 0.286. The second-order valence-electron chi connectivity index (χ2n) is 4.91. The van der Waals surface area contributed by atoms with Crippen molar-refractivity contribution in [2.24, 2.45) is 5.92 Å². The second kappa shape index (κ2) is 5.36. The summed E-state index contributed by atoms with van der Waals surface area (Å²) in [5, 5.41) is 7.13. The third kappa shape index (κ3) is 3.07. The van der Waals surface area contributed by atoms with Crippen molar-refractivity contribution in [1.82, 2.24) is 9.78 Å². The van der Waals surface area contributed by atoms with Crippen LogP contribution < -0.4 is 5.32 Å². The fourth-order valence-corrected chi connectivity index (χ4v) is 2.32. The van der Waals surface area contributed by atoms with Crippen LogP contribution in [0.3, 0.4) is 0 Å². The molecule has 4 nitrogen and oxygen atoms in total. The number of carbonyl (C=O) groups excluding carboxylic acids is 1. The van der Waals surface area contributed by atoms with Crippen molar-refractivity contribution in [3.8, 4) is 0 Å². The number of nitrogens with one attached hydrogen (secondary N) is 1. The predicted octanol–water partition coefficient (Wildman–Crippen LogP) is 3.18. The Morgan fingerprint density at radius 3 is 2.75 bits per heavy atom. The number of amides is 1. The lowest BCUT2D eigenvalue weighted by Crippen LogP contribution is -2.14. The van der Waals surface area contributed by atoms with E-state index in [1.807, 2.05) is 0 Å². The fourth-order valence-electron chi connectivity index (χ4n) is 1.90. The van der Waals surface area contributed by atoms with Gasteiger partial charge in [0, 0.05) is 12.1 Å². The van der Waals surface area contributed by atoms with Crippen molar-refractivity contribution in [1.29, 1.82) is 0 Å². The molecule has 1 aromatic heterocycles. The van der Waals surface area contributed by atoms with Crippen molar-refractivity contribution in [3.05, 3.63) is 46.3 Å². The van der Waals surface area contributed by atoms with Gasteiger partial charge in [0.2, 0.25) is 5.91 Å². The molecule has 6 heteroatoms. The van der Waals surface area contributed by atoms with Crippen molar-refractivity contribution in [2.75, 3.05) is 5.32 Å². The van der Waals surface area contributed by atoms with Crippen LogP contribution in [-0.4, -0.2) is 15.7 Å². The Labute approximate surface area is 124 Å². The number of benzene rings is 1. The molecule has 0 unspecified atom stereocenters. The van der Waals surface area contributed by atoms with Crippen molar-refractivity contribution in [3.63, 3.8) is 0 Å². The van der Waals surface area contributed by atoms with Gasteiger partial charge in [0.15, 0.2) is 5.82 Å². The smallest absolute Gasteiger partial charge is 0.228 e. The summed E-state index contributed by atoms with van der Waals surface area (Å²) in [6, 6.07) is 6.27. The van der Waals surface area contributed by atoms with E-state index >= 15 is 0 Å². The Kier molecular flexibility index (Phi) is 3.56. The van der Waals surface area contributed by atoms with E-state index in [1.54, 1.807) is 23.0 Å². The molecule has 1 aliphatic rings. The number of hydrogen-bond acceptors (Lipinski definition) is 2. The van der Waals surface area contributed by atoms with Gasteiger partial charge in [0.1, 0.15) is 5.82 Å². The molecular formula is C14H13BrFN3O. The van der Waals surface area contributed by atoms with E-state index in [4.69, 9.17) is 0 Å². The molecule has 0 bridgehead atoms. The first-order valence-electron chi connectivity index (χ1n) is 6.40. The Balaban J connectivity index is 1.71. The average molecular weight is 338 g/mol. The second-order valence-corrected chi connectivity index (χ2v) is 5.77. The molecule has 0 atom stereocenters. The van der Waals surface area contributed by atoms with Gasteiger partial charge in [-0.25, -0.2) is 4.39 Å². The molecule has 2 aromatic rings. The standard InChI is InChI=1S/C14H13BrFN3O/c15-12-8-19(7-9-1-5-11(16)6-2-9)18-13(12)17-14(20)10-3-4-10/h1-2,5-6,8,10H,3-4,7H2,(H,17,18,20). The van der Waals surface area contributed by atoms with Gasteiger partial charge >= 0.3 is 0 Å². The molecule has 1 N–H and O–H groups in total. The normalized spacial score (nSPS) is 14.3. The van der Waals surface area contributed by atoms with Crippen molar-refractivity contribution < 1.29 is 9.18 Å². The maximum absolute atomic E-state index is 12.8. The Morgan fingerprint density at radius 2 is 2.10 bits per heavy atom. The quantitative estimate of drug-likeness (QED) is 0.931. The number of rotatable bonds is 4. The van der Waals surface area contributed by atoms with Gasteiger partial charge < -0.3 is 5.32 Å². The van der Waals surface area contributed by atoms with Crippen LogP contribution >= 0.6 is 15.9 Å². The predicted molar refractivity (Wildman–Crippen MR) is 76.8 cm³/mol. The van der Waals surface area contributed by atoms with Crippen LogP contribution in [0.4, 0.5) is 10.2 Å². The highest BCUT2D eigenvalue weighted by Crippen LogP contribution is 2.31. The van der Waals surface area contributed by atoms with E-state index in [0.717, 1.165) is 22.9 Å². The topological polar surface area (TPSA) is 46.9 Å². The summed E-state index contributed by atoms with van der Waals surface area (Å²) in [7, 11) is 0. The van der Waals surface area contributed by atoms with E-state index in [-0.39, 0.29) is 17.6 Å². The van der Waals surface area contributed by atoms with Crippen molar-refractivity contribution in [2.45, 2.75) is 19.4 Å². The summed E-state index contributed by atoms with van der Waals surface area (Å²) < 4.78 is 15.3. The Hall–Kier alpha value is -1.69. The van der Waals surface area contributed by atoms with Crippen molar-refractivity contribution >= 4 is 27.7 Å². The highest BCUT2D eigenvalue weighted by molar-refractivity contribution is 9.10. The minimum Gasteiger partial charge on any atom is -0.308 e. The monoisotopic (exact) mass is 337 g/mol. The third-order valence-electron chi connectivity index (χ3n) is 3.16. The molecule has 1 fully saturated rings. The van der Waals surface area contributed by atoms with Crippen LogP contribution in [0.5, 0.6) is 0 Å². The Bertz CT molecular complexity index is 634. The van der Waals surface area contributed by atoms with Gasteiger partial charge in [-0.3, -0.25) is 9.48 Å². The van der Waals surface area contributed by atoms with E-state index in [0.29, 0.717) is 12.4 Å². The minimum atomic E-state index is -0.257. The maximum atomic E-state index is 12.8. The molecule has 0 spiro atoms. The zero-order chi connectivity index (χ0) is 14.1. The summed E-state index contributed by atoms with van der Waals surface area (Å²) in [6.07, 6.45) is 3.71. The lowest BCUT2D eigenvalue weighted by molar-refractivity contribution is -0.117. The molecular weight excluding hydrogens is 325 g/mol. The molecule has 1 aliphatic carbocycles. The van der Waals surface area contributed by atoms with Crippen LogP contribution in [0.25, 0.3) is 0 Å². The molecule has 0 radical (unpaired) electrons. The summed E-state index contributed by atoms with van der Waals surface area (Å²) in [6.45, 7) is 0.526. The third-order valence-corrected chi connectivity index (χ3v) is 3.74. The number of hydrogen-bond donors (Lipinski definition) is 1. The highest BCUT2D eigenvalue weighted by Gasteiger charge is 2.30. The lowest BCUT2D eigenvalue weighted by atomic mass is 10.2. The summed E-state index contributed by atoms with van der Waals surface area (Å²) in [5.41, 5.74) is 0.946. The van der Waals surface area contributed by atoms with Crippen LogP contribution in [-0.2, 0) is 11.3 Å². The minimum absolute atomic E-state index is 0.0257. The lowest BCUT2D eigenvalue weighted by Gasteiger charge is -2.02. The molecule has 0 aliphatic heterocycles. The number of aromatic nitrogens is 2.